The maximum absolute atomic E-state index is 11.4. The van der Waals surface area contributed by atoms with Gasteiger partial charge in [0.2, 0.25) is 0 Å². The molecule has 0 aliphatic heterocycles. The summed E-state index contributed by atoms with van der Waals surface area (Å²) in [5, 5.41) is 9.63. The fraction of sp³-hybridized carbons (Fsp3) is 0.333. The van der Waals surface area contributed by atoms with Crippen molar-refractivity contribution in [1.29, 1.82) is 0 Å². The van der Waals surface area contributed by atoms with E-state index < -0.39 is 6.10 Å². The number of hydrogen-bond donors (Lipinski definition) is 1. The van der Waals surface area contributed by atoms with E-state index in [0.29, 0.717) is 22.2 Å². The third kappa shape index (κ3) is 2.39. The first-order valence-corrected chi connectivity index (χ1v) is 4.98. The largest absolute Gasteiger partial charge is 0.389 e. The van der Waals surface area contributed by atoms with Gasteiger partial charge in [-0.05, 0) is 20.8 Å². The van der Waals surface area contributed by atoms with E-state index in [-0.39, 0.29) is 11.6 Å². The highest BCUT2D eigenvalue weighted by Gasteiger charge is 2.19. The smallest absolute Gasteiger partial charge is 0.160 e. The van der Waals surface area contributed by atoms with Crippen LogP contribution in [-0.2, 0) is 0 Å². The average Bonchev–Trinajstić information content (AvgIpc) is 2.15. The second kappa shape index (κ2) is 4.62. The first-order valence-electron chi connectivity index (χ1n) is 4.98. The predicted molar refractivity (Wildman–Crippen MR) is 62.5 cm³/mol. The monoisotopic (exact) mass is 216 g/mol. The van der Waals surface area contributed by atoms with Crippen LogP contribution in [0.15, 0.2) is 12.1 Å². The van der Waals surface area contributed by atoms with Gasteiger partial charge in [-0.2, -0.15) is 0 Å². The molecule has 0 bridgehead atoms. The average molecular weight is 216 g/mol. The minimum Gasteiger partial charge on any atom is -0.389 e. The number of hydrogen-bond acceptors (Lipinski definition) is 3. The molecule has 0 aliphatic rings. The Morgan fingerprint density at radius 2 is 1.56 bits per heavy atom. The van der Waals surface area contributed by atoms with Crippen molar-refractivity contribution in [1.82, 2.24) is 0 Å². The molecular weight excluding hydrogens is 203 g/mol. The number of carbonyl (C=O) groups excluding carboxylic acids is 2. The Morgan fingerprint density at radius 3 is 1.81 bits per heavy atom. The fourth-order valence-electron chi connectivity index (χ4n) is 1.71. The lowest BCUT2D eigenvalue weighted by molar-refractivity contribution is 0.100. The van der Waals surface area contributed by atoms with E-state index in [0.717, 1.165) is 0 Å². The molecule has 0 aromatic heterocycles. The van der Waals surface area contributed by atoms with Crippen molar-refractivity contribution in [3.63, 3.8) is 0 Å². The molecule has 0 saturated heterocycles. The van der Waals surface area contributed by atoms with Crippen molar-refractivity contribution >= 4 is 24.9 Å². The van der Waals surface area contributed by atoms with Crippen molar-refractivity contribution in [2.75, 3.05) is 0 Å². The van der Waals surface area contributed by atoms with Gasteiger partial charge in [0.05, 0.1) is 6.10 Å². The Bertz CT molecular complexity index is 415. The third-order valence-electron chi connectivity index (χ3n) is 2.38. The zero-order valence-corrected chi connectivity index (χ0v) is 9.57. The molecule has 0 amide bonds. The maximum Gasteiger partial charge on any atom is 0.160 e. The van der Waals surface area contributed by atoms with Crippen LogP contribution in [0.4, 0.5) is 0 Å². The molecule has 0 aliphatic carbocycles. The SMILES string of the molecule is [B]c1cc(C(C)=O)c(C(C)O)c(C(C)=O)c1. The van der Waals surface area contributed by atoms with E-state index in [9.17, 15) is 14.7 Å². The number of ketones is 2. The highest BCUT2D eigenvalue weighted by atomic mass is 16.3. The summed E-state index contributed by atoms with van der Waals surface area (Å²) in [5.74, 6) is -0.434. The zero-order chi connectivity index (χ0) is 12.5. The zero-order valence-electron chi connectivity index (χ0n) is 9.57. The molecule has 1 aromatic carbocycles. The third-order valence-corrected chi connectivity index (χ3v) is 2.38. The lowest BCUT2D eigenvalue weighted by Crippen LogP contribution is -2.16. The summed E-state index contributed by atoms with van der Waals surface area (Å²) in [7, 11) is 5.62. The molecule has 0 fully saturated rings. The van der Waals surface area contributed by atoms with E-state index in [1.165, 1.54) is 32.9 Å². The molecule has 2 radical (unpaired) electrons. The second-order valence-electron chi connectivity index (χ2n) is 3.82. The van der Waals surface area contributed by atoms with E-state index in [1.54, 1.807) is 0 Å². The van der Waals surface area contributed by atoms with Gasteiger partial charge in [0.1, 0.15) is 7.85 Å². The number of aliphatic hydroxyl groups excluding tert-OH is 1. The molecule has 16 heavy (non-hydrogen) atoms. The van der Waals surface area contributed by atoms with E-state index in [1.807, 2.05) is 0 Å². The Labute approximate surface area is 95.9 Å². The first kappa shape index (κ1) is 12.7. The number of benzene rings is 1. The van der Waals surface area contributed by atoms with Crippen molar-refractivity contribution in [2.45, 2.75) is 26.9 Å². The van der Waals surface area contributed by atoms with Crippen molar-refractivity contribution < 1.29 is 14.7 Å². The number of Topliss-reactive ketones (excluding diaryl/α,β-unsaturated/α-hetero) is 2. The standard InChI is InChI=1S/C12H13BO3/c1-6(14)10-4-9(13)5-11(7(2)15)12(10)8(3)16/h4-5,8,16H,1-3H3. The Kier molecular flexibility index (Phi) is 3.65. The minimum atomic E-state index is -0.876. The van der Waals surface area contributed by atoms with Gasteiger partial charge in [-0.1, -0.05) is 17.6 Å². The molecule has 1 unspecified atom stereocenters. The van der Waals surface area contributed by atoms with Gasteiger partial charge in [-0.25, -0.2) is 0 Å². The molecular formula is C12H13BO3. The van der Waals surface area contributed by atoms with Gasteiger partial charge in [0.15, 0.2) is 11.6 Å². The van der Waals surface area contributed by atoms with Crippen LogP contribution in [0.1, 0.15) is 53.2 Å². The quantitative estimate of drug-likeness (QED) is 0.604. The van der Waals surface area contributed by atoms with Crippen LogP contribution in [-0.4, -0.2) is 24.5 Å². The summed E-state index contributed by atoms with van der Waals surface area (Å²) >= 11 is 0. The number of rotatable bonds is 3. The highest BCUT2D eigenvalue weighted by molar-refractivity contribution is 6.33. The lowest BCUT2D eigenvalue weighted by atomic mass is 9.85. The Morgan fingerprint density at radius 1 is 1.19 bits per heavy atom. The summed E-state index contributed by atoms with van der Waals surface area (Å²) < 4.78 is 0. The van der Waals surface area contributed by atoms with Crippen LogP contribution in [0.5, 0.6) is 0 Å². The maximum atomic E-state index is 11.4. The molecule has 3 nitrogen and oxygen atoms in total. The van der Waals surface area contributed by atoms with Gasteiger partial charge >= 0.3 is 0 Å². The molecule has 1 N–H and O–H groups in total. The van der Waals surface area contributed by atoms with Gasteiger partial charge in [0, 0.05) is 16.7 Å². The molecule has 1 aromatic rings. The predicted octanol–water partition coefficient (Wildman–Crippen LogP) is 0.939. The number of carbonyl (C=O) groups is 2. The van der Waals surface area contributed by atoms with Crippen LogP contribution >= 0.6 is 0 Å². The van der Waals surface area contributed by atoms with Crippen molar-refractivity contribution in [3.8, 4) is 0 Å². The van der Waals surface area contributed by atoms with Gasteiger partial charge in [0.25, 0.3) is 0 Å². The van der Waals surface area contributed by atoms with Crippen LogP contribution in [0, 0.1) is 0 Å². The fourth-order valence-corrected chi connectivity index (χ4v) is 1.71. The Balaban J connectivity index is 3.60. The van der Waals surface area contributed by atoms with Crippen LogP contribution in [0.25, 0.3) is 0 Å². The van der Waals surface area contributed by atoms with Crippen LogP contribution < -0.4 is 5.46 Å². The summed E-state index contributed by atoms with van der Waals surface area (Å²) in [6, 6.07) is 2.97. The molecule has 82 valence electrons. The lowest BCUT2D eigenvalue weighted by Gasteiger charge is -2.15. The number of aliphatic hydroxyl groups is 1. The van der Waals surface area contributed by atoms with E-state index in [2.05, 4.69) is 0 Å². The molecule has 1 rings (SSSR count). The summed E-state index contributed by atoms with van der Waals surface area (Å²) in [5.41, 5.74) is 1.31. The summed E-state index contributed by atoms with van der Waals surface area (Å²) in [4.78, 5) is 22.8. The molecule has 4 heteroatoms. The molecule has 0 heterocycles. The van der Waals surface area contributed by atoms with Gasteiger partial charge in [-0.3, -0.25) is 9.59 Å². The van der Waals surface area contributed by atoms with Crippen molar-refractivity contribution in [3.05, 3.63) is 28.8 Å². The summed E-state index contributed by atoms with van der Waals surface area (Å²) in [6.45, 7) is 4.28. The molecule has 0 spiro atoms. The summed E-state index contributed by atoms with van der Waals surface area (Å²) in [6.07, 6.45) is -0.876. The molecule has 0 saturated carbocycles. The normalized spacial score (nSPS) is 12.2. The van der Waals surface area contributed by atoms with E-state index >= 15 is 0 Å². The van der Waals surface area contributed by atoms with Crippen molar-refractivity contribution in [2.24, 2.45) is 0 Å². The van der Waals surface area contributed by atoms with Gasteiger partial charge in [-0.15, -0.1) is 0 Å². The van der Waals surface area contributed by atoms with E-state index in [4.69, 9.17) is 7.85 Å². The second-order valence-corrected chi connectivity index (χ2v) is 3.82. The topological polar surface area (TPSA) is 54.4 Å². The highest BCUT2D eigenvalue weighted by Crippen LogP contribution is 2.22. The molecule has 1 atom stereocenters. The van der Waals surface area contributed by atoms with Gasteiger partial charge < -0.3 is 5.11 Å². The minimum absolute atomic E-state index is 0.217. The Hall–Kier alpha value is -1.42. The first-order chi connectivity index (χ1) is 7.34. The van der Waals surface area contributed by atoms with Crippen LogP contribution in [0.2, 0.25) is 0 Å². The van der Waals surface area contributed by atoms with Crippen LogP contribution in [0.3, 0.4) is 0 Å².